The molecule has 0 aliphatic rings. The van der Waals surface area contributed by atoms with E-state index in [9.17, 15) is 4.39 Å². The number of hydrogen-bond acceptors (Lipinski definition) is 5. The maximum Gasteiger partial charge on any atom is 0.373 e. The van der Waals surface area contributed by atoms with Crippen molar-refractivity contribution in [1.29, 1.82) is 0 Å². The van der Waals surface area contributed by atoms with Gasteiger partial charge in [0.2, 0.25) is 0 Å². The van der Waals surface area contributed by atoms with Gasteiger partial charge in [0.1, 0.15) is 5.82 Å². The average molecular weight is 1000 g/mol. The highest BCUT2D eigenvalue weighted by atomic mass is 19.1. The van der Waals surface area contributed by atoms with Gasteiger partial charge in [-0.3, -0.25) is 14.7 Å². The number of nitrogens with zero attached hydrogens (tertiary/aromatic N) is 3. The van der Waals surface area contributed by atoms with E-state index in [0.717, 1.165) is 57.9 Å². The van der Waals surface area contributed by atoms with Gasteiger partial charge in [0, 0.05) is 45.8 Å². The van der Waals surface area contributed by atoms with Crippen LogP contribution in [0.2, 0.25) is 0 Å². The maximum atomic E-state index is 13.0. The summed E-state index contributed by atoms with van der Waals surface area (Å²) in [5, 5.41) is 2.66. The molecule has 0 aromatic heterocycles. The largest absolute Gasteiger partial charge is 0.373 e. The molecular formula is C69H80FN3O2. The molecule has 0 saturated heterocycles. The second kappa shape index (κ2) is 39.9. The second-order valence-corrected chi connectivity index (χ2v) is 17.2. The monoisotopic (exact) mass is 1000 g/mol. The molecule has 8 aromatic carbocycles. The molecule has 6 heteroatoms. The molecule has 8 rings (SSSR count). The van der Waals surface area contributed by atoms with Gasteiger partial charge in [-0.15, -0.1) is 0 Å². The zero-order chi connectivity index (χ0) is 54.0. The summed E-state index contributed by atoms with van der Waals surface area (Å²) in [6.45, 7) is 17.8. The summed E-state index contributed by atoms with van der Waals surface area (Å²) in [5.41, 5.74) is 8.96. The summed E-state index contributed by atoms with van der Waals surface area (Å²) >= 11 is 0. The third kappa shape index (κ3) is 26.8. The first-order chi connectivity index (χ1) is 36.9. The van der Waals surface area contributed by atoms with Crippen LogP contribution in [0.25, 0.3) is 29.0 Å². The van der Waals surface area contributed by atoms with Crippen LogP contribution in [-0.2, 0) is 35.8 Å². The lowest BCUT2D eigenvalue weighted by Gasteiger charge is -2.21. The summed E-state index contributed by atoms with van der Waals surface area (Å²) in [5.74, 6) is -0.173. The lowest BCUT2D eigenvalue weighted by Crippen LogP contribution is -2.24. The number of unbranched alkanes of at least 4 members (excludes halogenated alkanes) is 1. The molecule has 0 unspecified atom stereocenters. The van der Waals surface area contributed by atoms with Gasteiger partial charge in [-0.25, -0.2) is 4.39 Å². The quantitative estimate of drug-likeness (QED) is 0.0761. The Morgan fingerprint density at radius 1 is 0.427 bits per heavy atom. The van der Waals surface area contributed by atoms with E-state index in [1.165, 1.54) is 69.1 Å². The highest BCUT2D eigenvalue weighted by molar-refractivity contribution is 5.85. The number of likely N-dealkylation sites (N-methyl/N-ethyl adjacent to an activating group) is 1. The summed E-state index contributed by atoms with van der Waals surface area (Å²) in [7, 11) is 2.16. The highest BCUT2D eigenvalue weighted by Crippen LogP contribution is 2.20. The minimum Gasteiger partial charge on any atom is -0.298 e. The predicted molar refractivity (Wildman–Crippen MR) is 318 cm³/mol. The molecule has 75 heavy (non-hydrogen) atoms. The van der Waals surface area contributed by atoms with Crippen LogP contribution in [0.4, 0.5) is 4.39 Å². The first-order valence-corrected chi connectivity index (χ1v) is 26.5. The molecule has 0 heterocycles. The SMILES string of the molecule is C(=C\c1ccccc1)/CN(Cc1ccccc1)Cc1ccccc1.CC.CC.CCCCN(C/C=C/c1ccccc1)Cc1ccc(F)cc1.CN(C/C=C/c1ccccc1)Cc1cccc2ccccc12.O=C=O. The predicted octanol–water partition coefficient (Wildman–Crippen LogP) is 17.0. The normalized spacial score (nSPS) is 10.6. The Balaban J connectivity index is 0.000000279. The van der Waals surface area contributed by atoms with Gasteiger partial charge in [0.05, 0.1) is 0 Å². The number of carbonyl (C=O) groups excluding carboxylic acids is 2. The molecule has 0 amide bonds. The average Bonchev–Trinajstić information content (AvgIpc) is 3.46. The topological polar surface area (TPSA) is 43.9 Å². The smallest absolute Gasteiger partial charge is 0.298 e. The molecule has 0 atom stereocenters. The van der Waals surface area contributed by atoms with Crippen LogP contribution in [0.15, 0.2) is 237 Å². The van der Waals surface area contributed by atoms with Crippen molar-refractivity contribution >= 4 is 35.2 Å². The van der Waals surface area contributed by atoms with Crippen LogP contribution in [0.1, 0.15) is 86.4 Å². The van der Waals surface area contributed by atoms with E-state index in [2.05, 4.69) is 235 Å². The molecule has 0 spiro atoms. The van der Waals surface area contributed by atoms with Crippen molar-refractivity contribution in [3.8, 4) is 0 Å². The minimum atomic E-state index is -0.173. The van der Waals surface area contributed by atoms with Gasteiger partial charge < -0.3 is 0 Å². The van der Waals surface area contributed by atoms with Crippen LogP contribution in [0, 0.1) is 5.82 Å². The van der Waals surface area contributed by atoms with Crippen LogP contribution >= 0.6 is 0 Å². The molecule has 5 nitrogen and oxygen atoms in total. The van der Waals surface area contributed by atoms with Gasteiger partial charge in [0.25, 0.3) is 0 Å². The van der Waals surface area contributed by atoms with E-state index in [-0.39, 0.29) is 12.0 Å². The Labute approximate surface area is 450 Å². The van der Waals surface area contributed by atoms with Crippen molar-refractivity contribution in [1.82, 2.24) is 14.7 Å². The van der Waals surface area contributed by atoms with Crippen molar-refractivity contribution < 1.29 is 14.0 Å². The van der Waals surface area contributed by atoms with E-state index >= 15 is 0 Å². The third-order valence-electron chi connectivity index (χ3n) is 11.4. The minimum absolute atomic E-state index is 0.173. The van der Waals surface area contributed by atoms with E-state index in [1.807, 2.05) is 64.1 Å². The van der Waals surface area contributed by atoms with Crippen molar-refractivity contribution in [2.45, 2.75) is 73.6 Å². The third-order valence-corrected chi connectivity index (χ3v) is 11.4. The standard InChI is InChI=1S/C23H23N.C21H21N.C20H24FN.2C2H6.CO2/c1-4-11-21(12-5-1)17-10-18-24(19-22-13-6-2-7-14-22)20-23-15-8-3-9-16-23;1-22(16-8-11-18-9-3-2-4-10-18)17-20-14-7-13-19-12-5-6-15-21(19)20;1-2-3-15-22(17-19-11-13-20(21)14-12-19)16-7-10-18-8-5-4-6-9-18;2*1-2;2-1-3/h1-17H,18-20H2;2-15H,16-17H2,1H3;4-14H,2-3,15-17H2,1H3;2*1-2H3;/b17-10+;11-8+;10-7+;;;. The van der Waals surface area contributed by atoms with E-state index < -0.39 is 0 Å². The van der Waals surface area contributed by atoms with Crippen LogP contribution in [0.3, 0.4) is 0 Å². The van der Waals surface area contributed by atoms with Crippen molar-refractivity contribution in [3.05, 3.63) is 281 Å². The lowest BCUT2D eigenvalue weighted by atomic mass is 10.0. The van der Waals surface area contributed by atoms with Gasteiger partial charge in [-0.2, -0.15) is 9.59 Å². The second-order valence-electron chi connectivity index (χ2n) is 17.2. The lowest BCUT2D eigenvalue weighted by molar-refractivity contribution is -0.191. The molecule has 0 radical (unpaired) electrons. The van der Waals surface area contributed by atoms with Gasteiger partial charge in [0.15, 0.2) is 0 Å². The maximum absolute atomic E-state index is 13.0. The molecule has 0 N–H and O–H groups in total. The molecule has 0 aliphatic carbocycles. The first kappa shape index (κ1) is 61.7. The summed E-state index contributed by atoms with van der Waals surface area (Å²) in [6, 6.07) is 74.5. The Morgan fingerprint density at radius 2 is 0.800 bits per heavy atom. The number of halogens is 1. The fourth-order valence-corrected chi connectivity index (χ4v) is 7.86. The zero-order valence-electron chi connectivity index (χ0n) is 45.4. The van der Waals surface area contributed by atoms with Crippen LogP contribution < -0.4 is 0 Å². The molecule has 0 bridgehead atoms. The Morgan fingerprint density at radius 3 is 1.27 bits per heavy atom. The Kier molecular flexibility index (Phi) is 32.8. The molecule has 8 aromatic rings. The summed E-state index contributed by atoms with van der Waals surface area (Å²) < 4.78 is 13.0. The van der Waals surface area contributed by atoms with Crippen molar-refractivity contribution in [3.63, 3.8) is 0 Å². The van der Waals surface area contributed by atoms with E-state index in [1.54, 1.807) is 0 Å². The van der Waals surface area contributed by atoms with Crippen LogP contribution in [-0.4, -0.2) is 54.1 Å². The number of benzene rings is 8. The number of hydrogen-bond donors (Lipinski definition) is 0. The van der Waals surface area contributed by atoms with Crippen molar-refractivity contribution in [2.75, 3.05) is 33.2 Å². The zero-order valence-corrected chi connectivity index (χ0v) is 45.4. The first-order valence-electron chi connectivity index (χ1n) is 26.5. The van der Waals surface area contributed by atoms with Gasteiger partial charge in [-0.05, 0) is 81.9 Å². The summed E-state index contributed by atoms with van der Waals surface area (Å²) in [6.07, 6.45) is 15.8. The van der Waals surface area contributed by atoms with E-state index in [0.29, 0.717) is 0 Å². The molecular weight excluding hydrogens is 922 g/mol. The Bertz CT molecular complexity index is 2710. The molecule has 390 valence electrons. The summed E-state index contributed by atoms with van der Waals surface area (Å²) in [4.78, 5) is 23.4. The number of rotatable bonds is 20. The van der Waals surface area contributed by atoms with Crippen molar-refractivity contribution in [2.24, 2.45) is 0 Å². The highest BCUT2D eigenvalue weighted by Gasteiger charge is 2.07. The molecule has 0 fully saturated rings. The van der Waals surface area contributed by atoms with Gasteiger partial charge in [-0.1, -0.05) is 284 Å². The van der Waals surface area contributed by atoms with Crippen LogP contribution in [0.5, 0.6) is 0 Å². The fourth-order valence-electron chi connectivity index (χ4n) is 7.86. The fraction of sp³-hybridized carbons (Fsp3) is 0.232. The molecule has 0 aliphatic heterocycles. The van der Waals surface area contributed by atoms with Gasteiger partial charge >= 0.3 is 6.15 Å². The Hall–Kier alpha value is -7.57. The molecule has 0 saturated carbocycles. The number of fused-ring (bicyclic) bond motifs is 1. The van der Waals surface area contributed by atoms with E-state index in [4.69, 9.17) is 9.59 Å².